The summed E-state index contributed by atoms with van der Waals surface area (Å²) in [5.74, 6) is 0. The number of nitrogens with zero attached hydrogens (tertiary/aromatic N) is 2. The normalized spacial score (nSPS) is 12.0. The van der Waals surface area contributed by atoms with Crippen molar-refractivity contribution in [3.8, 4) is 0 Å². The van der Waals surface area contributed by atoms with Crippen LogP contribution in [0.4, 0.5) is 0 Å². The Morgan fingerprint density at radius 1 is 0.913 bits per heavy atom. The zero-order chi connectivity index (χ0) is 17.0. The third-order valence-electron chi connectivity index (χ3n) is 4.22. The quantitative estimate of drug-likeness (QED) is 0.409. The Balaban J connectivity index is 1.76. The molecule has 0 unspecified atom stereocenters. The molecule has 0 aromatic carbocycles. The number of hydrogen-bond acceptors (Lipinski definition) is 2. The fourth-order valence-electron chi connectivity index (χ4n) is 2.81. The molecule has 0 fully saturated rings. The van der Waals surface area contributed by atoms with E-state index in [0.29, 0.717) is 12.1 Å². The third kappa shape index (κ3) is 12.3. The Morgan fingerprint density at radius 3 is 2.00 bits per heavy atom. The monoisotopic (exact) mass is 322 g/mol. The molecule has 23 heavy (non-hydrogen) atoms. The SMILES string of the molecule is Cc1cn(COCCCCCCCCCCCC(C)(C)C)cn1. The number of aromatic nitrogens is 2. The second-order valence-corrected chi connectivity index (χ2v) is 8.06. The summed E-state index contributed by atoms with van der Waals surface area (Å²) in [6, 6.07) is 0. The van der Waals surface area contributed by atoms with Crippen molar-refractivity contribution in [2.45, 2.75) is 98.6 Å². The van der Waals surface area contributed by atoms with E-state index in [-0.39, 0.29) is 0 Å². The highest BCUT2D eigenvalue weighted by Crippen LogP contribution is 2.22. The largest absolute Gasteiger partial charge is 0.361 e. The van der Waals surface area contributed by atoms with E-state index in [0.717, 1.165) is 12.3 Å². The Hall–Kier alpha value is -0.830. The fraction of sp³-hybridized carbons (Fsp3) is 0.850. The van der Waals surface area contributed by atoms with E-state index in [1.54, 1.807) is 0 Å². The molecule has 0 bridgehead atoms. The van der Waals surface area contributed by atoms with Gasteiger partial charge in [-0.1, -0.05) is 72.1 Å². The molecule has 0 aliphatic heterocycles. The molecule has 0 aliphatic carbocycles. The van der Waals surface area contributed by atoms with Crippen LogP contribution in [0.2, 0.25) is 0 Å². The van der Waals surface area contributed by atoms with Gasteiger partial charge in [0.05, 0.1) is 12.0 Å². The maximum Gasteiger partial charge on any atom is 0.123 e. The fourth-order valence-corrected chi connectivity index (χ4v) is 2.81. The average molecular weight is 323 g/mol. The van der Waals surface area contributed by atoms with Crippen molar-refractivity contribution in [1.82, 2.24) is 9.55 Å². The molecule has 1 aromatic rings. The van der Waals surface area contributed by atoms with Gasteiger partial charge in [0.1, 0.15) is 6.73 Å². The molecule has 0 aliphatic rings. The van der Waals surface area contributed by atoms with Gasteiger partial charge in [-0.25, -0.2) is 4.98 Å². The van der Waals surface area contributed by atoms with E-state index in [2.05, 4.69) is 25.8 Å². The van der Waals surface area contributed by atoms with Crippen LogP contribution in [0.1, 0.15) is 90.7 Å². The highest BCUT2D eigenvalue weighted by atomic mass is 16.5. The van der Waals surface area contributed by atoms with Gasteiger partial charge in [0, 0.05) is 12.8 Å². The molecule has 3 heteroatoms. The van der Waals surface area contributed by atoms with Gasteiger partial charge in [0.25, 0.3) is 0 Å². The molecule has 3 nitrogen and oxygen atoms in total. The van der Waals surface area contributed by atoms with Crippen molar-refractivity contribution < 1.29 is 4.74 Å². The van der Waals surface area contributed by atoms with Gasteiger partial charge in [-0.05, 0) is 25.2 Å². The first kappa shape index (κ1) is 20.2. The van der Waals surface area contributed by atoms with Gasteiger partial charge in [0.15, 0.2) is 0 Å². The highest BCUT2D eigenvalue weighted by Gasteiger charge is 2.08. The molecule has 0 atom stereocenters. The summed E-state index contributed by atoms with van der Waals surface area (Å²) < 4.78 is 7.65. The molecular formula is C20H38N2O. The Bertz CT molecular complexity index is 393. The topological polar surface area (TPSA) is 27.1 Å². The molecule has 1 heterocycles. The predicted octanol–water partition coefficient (Wildman–Crippen LogP) is 6.11. The molecule has 0 spiro atoms. The number of rotatable bonds is 13. The first-order valence-electron chi connectivity index (χ1n) is 9.53. The van der Waals surface area contributed by atoms with Crippen LogP contribution in [0, 0.1) is 12.3 Å². The first-order valence-corrected chi connectivity index (χ1v) is 9.53. The molecule has 1 rings (SSSR count). The van der Waals surface area contributed by atoms with Crippen molar-refractivity contribution in [2.24, 2.45) is 5.41 Å². The molecule has 0 saturated heterocycles. The van der Waals surface area contributed by atoms with Crippen LogP contribution in [-0.4, -0.2) is 16.2 Å². The molecule has 0 radical (unpaired) electrons. The number of hydrogen-bond donors (Lipinski definition) is 0. The van der Waals surface area contributed by atoms with Gasteiger partial charge in [0.2, 0.25) is 0 Å². The van der Waals surface area contributed by atoms with Gasteiger partial charge in [-0.3, -0.25) is 0 Å². The van der Waals surface area contributed by atoms with E-state index < -0.39 is 0 Å². The predicted molar refractivity (Wildman–Crippen MR) is 98.5 cm³/mol. The smallest absolute Gasteiger partial charge is 0.123 e. The van der Waals surface area contributed by atoms with Crippen LogP contribution in [0.25, 0.3) is 0 Å². The van der Waals surface area contributed by atoms with E-state index in [9.17, 15) is 0 Å². The Kier molecular flexibility index (Phi) is 10.3. The van der Waals surface area contributed by atoms with Crippen LogP contribution < -0.4 is 0 Å². The first-order chi connectivity index (χ1) is 11.0. The second kappa shape index (κ2) is 11.7. The lowest BCUT2D eigenvalue weighted by Gasteiger charge is -2.17. The Morgan fingerprint density at radius 2 is 1.48 bits per heavy atom. The summed E-state index contributed by atoms with van der Waals surface area (Å²) >= 11 is 0. The number of imidazole rings is 1. The number of aryl methyl sites for hydroxylation is 1. The van der Waals surface area contributed by atoms with Crippen molar-refractivity contribution in [3.05, 3.63) is 18.2 Å². The van der Waals surface area contributed by atoms with Crippen molar-refractivity contribution >= 4 is 0 Å². The maximum absolute atomic E-state index is 5.66. The lowest BCUT2D eigenvalue weighted by atomic mass is 9.89. The van der Waals surface area contributed by atoms with Crippen LogP contribution in [0.5, 0.6) is 0 Å². The molecule has 1 aromatic heterocycles. The minimum atomic E-state index is 0.513. The third-order valence-corrected chi connectivity index (χ3v) is 4.22. The molecule has 0 saturated carbocycles. The van der Waals surface area contributed by atoms with Crippen molar-refractivity contribution in [3.63, 3.8) is 0 Å². The van der Waals surface area contributed by atoms with Gasteiger partial charge >= 0.3 is 0 Å². The molecule has 134 valence electrons. The number of ether oxygens (including phenoxy) is 1. The van der Waals surface area contributed by atoms with Crippen LogP contribution >= 0.6 is 0 Å². The zero-order valence-corrected chi connectivity index (χ0v) is 15.9. The standard InChI is InChI=1S/C20H38N2O/c1-19-16-22(17-21-19)18-23-15-13-11-9-7-5-6-8-10-12-14-20(2,3)4/h16-17H,5-15,18H2,1-4H3. The summed E-state index contributed by atoms with van der Waals surface area (Å²) in [5, 5.41) is 0. The van der Waals surface area contributed by atoms with Gasteiger partial charge < -0.3 is 9.30 Å². The minimum absolute atomic E-state index is 0.513. The maximum atomic E-state index is 5.66. The molecule has 0 N–H and O–H groups in total. The summed E-state index contributed by atoms with van der Waals surface area (Å²) in [7, 11) is 0. The summed E-state index contributed by atoms with van der Waals surface area (Å²) in [4.78, 5) is 4.19. The summed E-state index contributed by atoms with van der Waals surface area (Å²) in [6.45, 7) is 10.5. The van der Waals surface area contributed by atoms with E-state index in [1.807, 2.05) is 24.0 Å². The highest BCUT2D eigenvalue weighted by molar-refractivity contribution is 4.91. The number of unbranched alkanes of at least 4 members (excludes halogenated alkanes) is 8. The van der Waals surface area contributed by atoms with Crippen LogP contribution in [0.15, 0.2) is 12.5 Å². The Labute approximate surface area is 143 Å². The summed E-state index contributed by atoms with van der Waals surface area (Å²) in [5.41, 5.74) is 1.56. The zero-order valence-electron chi connectivity index (χ0n) is 15.9. The lowest BCUT2D eigenvalue weighted by Crippen LogP contribution is -2.03. The van der Waals surface area contributed by atoms with Crippen LogP contribution in [0.3, 0.4) is 0 Å². The summed E-state index contributed by atoms with van der Waals surface area (Å²) in [6.07, 6.45) is 17.5. The van der Waals surface area contributed by atoms with Crippen LogP contribution in [-0.2, 0) is 11.5 Å². The minimum Gasteiger partial charge on any atom is -0.361 e. The van der Waals surface area contributed by atoms with Crippen molar-refractivity contribution in [2.75, 3.05) is 6.61 Å². The lowest BCUT2D eigenvalue weighted by molar-refractivity contribution is 0.0737. The molecular weight excluding hydrogens is 284 g/mol. The van der Waals surface area contributed by atoms with E-state index >= 15 is 0 Å². The van der Waals surface area contributed by atoms with Crippen molar-refractivity contribution in [1.29, 1.82) is 0 Å². The van der Waals surface area contributed by atoms with E-state index in [1.165, 1.54) is 64.2 Å². The van der Waals surface area contributed by atoms with Gasteiger partial charge in [-0.15, -0.1) is 0 Å². The van der Waals surface area contributed by atoms with E-state index in [4.69, 9.17) is 4.74 Å². The molecule has 0 amide bonds. The van der Waals surface area contributed by atoms with Gasteiger partial charge in [-0.2, -0.15) is 0 Å². The average Bonchev–Trinajstić information content (AvgIpc) is 2.88. The second-order valence-electron chi connectivity index (χ2n) is 8.06.